The maximum Gasteiger partial charge on any atom is 0.238 e. The number of nitrogens with zero attached hydrogens (tertiary/aromatic N) is 1. The maximum atomic E-state index is 11.8. The minimum absolute atomic E-state index is 0.0582. The standard InChI is InChI=1S/C15H18N2OS/c1-17(13-7-3-2-4-8-13)16-15(18)11-5-9-14-10-6-12-19-14/h2-4,6-8,10,12H,5,9,11H2,1H3,(H,16,18). The van der Waals surface area contributed by atoms with Crippen molar-refractivity contribution in [2.45, 2.75) is 19.3 Å². The summed E-state index contributed by atoms with van der Waals surface area (Å²) in [4.78, 5) is 13.1. The van der Waals surface area contributed by atoms with Gasteiger partial charge in [0.2, 0.25) is 5.91 Å². The fraction of sp³-hybridized carbons (Fsp3) is 0.267. The Morgan fingerprint density at radius 2 is 2.00 bits per heavy atom. The van der Waals surface area contributed by atoms with Crippen LogP contribution in [0.25, 0.3) is 0 Å². The van der Waals surface area contributed by atoms with Crippen molar-refractivity contribution >= 4 is 22.9 Å². The van der Waals surface area contributed by atoms with Gasteiger partial charge in [0.25, 0.3) is 0 Å². The van der Waals surface area contributed by atoms with Crippen molar-refractivity contribution in [3.63, 3.8) is 0 Å². The van der Waals surface area contributed by atoms with Crippen LogP contribution >= 0.6 is 11.3 Å². The Balaban J connectivity index is 1.72. The van der Waals surface area contributed by atoms with Crippen molar-refractivity contribution < 1.29 is 4.79 Å². The van der Waals surface area contributed by atoms with Gasteiger partial charge in [0.1, 0.15) is 0 Å². The molecule has 2 rings (SSSR count). The number of hydrogen-bond donors (Lipinski definition) is 1. The number of rotatable bonds is 6. The van der Waals surface area contributed by atoms with Gasteiger partial charge < -0.3 is 0 Å². The van der Waals surface area contributed by atoms with Gasteiger partial charge in [-0.3, -0.25) is 15.2 Å². The molecule has 0 atom stereocenters. The minimum atomic E-state index is 0.0582. The summed E-state index contributed by atoms with van der Waals surface area (Å²) in [7, 11) is 1.85. The van der Waals surface area contributed by atoms with E-state index in [2.05, 4.69) is 16.9 Å². The number of aryl methyl sites for hydroxylation is 1. The Kier molecular flexibility index (Phi) is 4.98. The summed E-state index contributed by atoms with van der Waals surface area (Å²) in [5.41, 5.74) is 3.85. The molecule has 2 aromatic rings. The number of hydrazine groups is 1. The molecule has 4 heteroatoms. The first-order valence-corrected chi connectivity index (χ1v) is 7.24. The number of hydrogen-bond acceptors (Lipinski definition) is 3. The van der Waals surface area contributed by atoms with E-state index in [1.54, 1.807) is 16.3 Å². The third-order valence-electron chi connectivity index (χ3n) is 2.84. The van der Waals surface area contributed by atoms with Crippen molar-refractivity contribution in [3.05, 3.63) is 52.7 Å². The van der Waals surface area contributed by atoms with Gasteiger partial charge in [-0.05, 0) is 36.4 Å². The predicted octanol–water partition coefficient (Wildman–Crippen LogP) is 3.24. The summed E-state index contributed by atoms with van der Waals surface area (Å²) in [6.07, 6.45) is 2.41. The number of anilines is 1. The highest BCUT2D eigenvalue weighted by molar-refractivity contribution is 7.09. The fourth-order valence-electron chi connectivity index (χ4n) is 1.84. The van der Waals surface area contributed by atoms with Gasteiger partial charge in [-0.2, -0.15) is 0 Å². The number of thiophene rings is 1. The van der Waals surface area contributed by atoms with Crippen LogP contribution in [0.1, 0.15) is 17.7 Å². The van der Waals surface area contributed by atoms with Crippen LogP contribution in [0.4, 0.5) is 5.69 Å². The Morgan fingerprint density at radius 3 is 2.68 bits per heavy atom. The zero-order valence-electron chi connectivity index (χ0n) is 11.0. The number of para-hydroxylation sites is 1. The van der Waals surface area contributed by atoms with Crippen molar-refractivity contribution in [2.75, 3.05) is 12.1 Å². The summed E-state index contributed by atoms with van der Waals surface area (Å²) in [6, 6.07) is 13.9. The second kappa shape index (κ2) is 6.95. The fourth-order valence-corrected chi connectivity index (χ4v) is 2.59. The molecular weight excluding hydrogens is 256 g/mol. The number of nitrogens with one attached hydrogen (secondary N) is 1. The first-order chi connectivity index (χ1) is 9.25. The lowest BCUT2D eigenvalue weighted by Crippen LogP contribution is -2.39. The summed E-state index contributed by atoms with van der Waals surface area (Å²) >= 11 is 1.74. The molecule has 0 aliphatic rings. The first-order valence-electron chi connectivity index (χ1n) is 6.36. The molecule has 0 aliphatic carbocycles. The van der Waals surface area contributed by atoms with E-state index >= 15 is 0 Å². The molecule has 1 aromatic heterocycles. The molecule has 0 spiro atoms. The number of benzene rings is 1. The zero-order chi connectivity index (χ0) is 13.5. The van der Waals surface area contributed by atoms with E-state index in [0.29, 0.717) is 6.42 Å². The molecule has 3 nitrogen and oxygen atoms in total. The molecule has 1 heterocycles. The number of carbonyl (C=O) groups excluding carboxylic acids is 1. The highest BCUT2D eigenvalue weighted by Crippen LogP contribution is 2.12. The zero-order valence-corrected chi connectivity index (χ0v) is 11.8. The average Bonchev–Trinajstić information content (AvgIpc) is 2.93. The average molecular weight is 274 g/mol. The molecular formula is C15H18N2OS. The van der Waals surface area contributed by atoms with Gasteiger partial charge >= 0.3 is 0 Å². The van der Waals surface area contributed by atoms with Gasteiger partial charge in [-0.25, -0.2) is 0 Å². The van der Waals surface area contributed by atoms with Crippen LogP contribution in [-0.4, -0.2) is 13.0 Å². The van der Waals surface area contributed by atoms with E-state index in [-0.39, 0.29) is 5.91 Å². The summed E-state index contributed by atoms with van der Waals surface area (Å²) in [6.45, 7) is 0. The SMILES string of the molecule is CN(NC(=O)CCCc1cccs1)c1ccccc1. The lowest BCUT2D eigenvalue weighted by molar-refractivity contribution is -0.121. The Hall–Kier alpha value is -1.81. The third kappa shape index (κ3) is 4.41. The van der Waals surface area contributed by atoms with E-state index in [0.717, 1.165) is 18.5 Å². The minimum Gasteiger partial charge on any atom is -0.289 e. The monoisotopic (exact) mass is 274 g/mol. The molecule has 0 saturated heterocycles. The largest absolute Gasteiger partial charge is 0.289 e. The van der Waals surface area contributed by atoms with Crippen LogP contribution in [0.3, 0.4) is 0 Å². The molecule has 0 radical (unpaired) electrons. The molecule has 0 aliphatic heterocycles. The highest BCUT2D eigenvalue weighted by Gasteiger charge is 2.05. The van der Waals surface area contributed by atoms with Crippen LogP contribution in [0.15, 0.2) is 47.8 Å². The van der Waals surface area contributed by atoms with Gasteiger partial charge in [0, 0.05) is 18.3 Å². The van der Waals surface area contributed by atoms with Crippen LogP contribution in [-0.2, 0) is 11.2 Å². The normalized spacial score (nSPS) is 10.2. The second-order valence-corrected chi connectivity index (χ2v) is 5.39. The third-order valence-corrected chi connectivity index (χ3v) is 3.78. The number of carbonyl (C=O) groups is 1. The number of amides is 1. The van der Waals surface area contributed by atoms with E-state index in [1.165, 1.54) is 4.88 Å². The topological polar surface area (TPSA) is 32.3 Å². The van der Waals surface area contributed by atoms with Gasteiger partial charge in [-0.15, -0.1) is 11.3 Å². The summed E-state index contributed by atoms with van der Waals surface area (Å²) in [5, 5.41) is 3.83. The maximum absolute atomic E-state index is 11.8. The summed E-state index contributed by atoms with van der Waals surface area (Å²) in [5.74, 6) is 0.0582. The van der Waals surface area contributed by atoms with E-state index in [1.807, 2.05) is 43.4 Å². The van der Waals surface area contributed by atoms with E-state index < -0.39 is 0 Å². The molecule has 19 heavy (non-hydrogen) atoms. The Bertz CT molecular complexity index is 496. The Morgan fingerprint density at radius 1 is 1.21 bits per heavy atom. The quantitative estimate of drug-likeness (QED) is 0.820. The predicted molar refractivity (Wildman–Crippen MR) is 80.2 cm³/mol. The van der Waals surface area contributed by atoms with Crippen LogP contribution in [0.2, 0.25) is 0 Å². The summed E-state index contributed by atoms with van der Waals surface area (Å²) < 4.78 is 0. The highest BCUT2D eigenvalue weighted by atomic mass is 32.1. The lowest BCUT2D eigenvalue weighted by Gasteiger charge is -2.20. The molecule has 0 fully saturated rings. The van der Waals surface area contributed by atoms with Crippen LogP contribution in [0, 0.1) is 0 Å². The molecule has 1 N–H and O–H groups in total. The molecule has 0 bridgehead atoms. The first kappa shape index (κ1) is 13.6. The van der Waals surface area contributed by atoms with Crippen molar-refractivity contribution in [1.82, 2.24) is 5.43 Å². The van der Waals surface area contributed by atoms with Crippen molar-refractivity contribution in [2.24, 2.45) is 0 Å². The molecule has 0 unspecified atom stereocenters. The van der Waals surface area contributed by atoms with Gasteiger partial charge in [0.05, 0.1) is 5.69 Å². The molecule has 100 valence electrons. The van der Waals surface area contributed by atoms with Crippen molar-refractivity contribution in [3.8, 4) is 0 Å². The van der Waals surface area contributed by atoms with Gasteiger partial charge in [-0.1, -0.05) is 24.3 Å². The van der Waals surface area contributed by atoms with Crippen molar-refractivity contribution in [1.29, 1.82) is 0 Å². The Labute approximate surface area is 117 Å². The van der Waals surface area contributed by atoms with Crippen LogP contribution in [0.5, 0.6) is 0 Å². The van der Waals surface area contributed by atoms with E-state index in [4.69, 9.17) is 0 Å². The smallest absolute Gasteiger partial charge is 0.238 e. The molecule has 1 aromatic carbocycles. The molecule has 0 saturated carbocycles. The molecule has 1 amide bonds. The lowest BCUT2D eigenvalue weighted by atomic mass is 10.2. The second-order valence-electron chi connectivity index (χ2n) is 4.36. The van der Waals surface area contributed by atoms with E-state index in [9.17, 15) is 4.79 Å². The van der Waals surface area contributed by atoms with Crippen LogP contribution < -0.4 is 10.4 Å². The van der Waals surface area contributed by atoms with Gasteiger partial charge in [0.15, 0.2) is 0 Å².